The average molecular weight is 426 g/mol. The standard InChI is InChI=1S/C16H30N10O4/c17-16(18)21-7-5-6-12(24-13(28)10-23-25-19)15(30)22-11-14(29)26(20)8-3-1-2-4-9-27/h9,12H,1-8,10-11,20H2,(H,22,30)(H,24,28)(H4,17,18,21)/t12-/m0/s1. The number of hydrogen-bond acceptors (Lipinski definition) is 7. The van der Waals surface area contributed by atoms with Crippen LogP contribution in [0.3, 0.4) is 0 Å². The topological polar surface area (TPSA) is 235 Å². The van der Waals surface area contributed by atoms with Gasteiger partial charge in [0.25, 0.3) is 5.91 Å². The van der Waals surface area contributed by atoms with E-state index in [0.717, 1.165) is 24.1 Å². The second-order valence-corrected chi connectivity index (χ2v) is 6.28. The van der Waals surface area contributed by atoms with Gasteiger partial charge in [0.05, 0.1) is 6.54 Å². The highest BCUT2D eigenvalue weighted by molar-refractivity contribution is 5.90. The molecule has 0 aliphatic carbocycles. The van der Waals surface area contributed by atoms with Crippen molar-refractivity contribution in [1.82, 2.24) is 15.6 Å². The van der Waals surface area contributed by atoms with Crippen molar-refractivity contribution in [2.24, 2.45) is 27.4 Å². The van der Waals surface area contributed by atoms with Crippen molar-refractivity contribution in [2.45, 2.75) is 44.6 Å². The van der Waals surface area contributed by atoms with Crippen molar-refractivity contribution in [2.75, 3.05) is 26.2 Å². The highest BCUT2D eigenvalue weighted by Crippen LogP contribution is 2.01. The van der Waals surface area contributed by atoms with Gasteiger partial charge >= 0.3 is 0 Å². The fraction of sp³-hybridized carbons (Fsp3) is 0.688. The molecule has 0 radical (unpaired) electrons. The fourth-order valence-corrected chi connectivity index (χ4v) is 2.31. The lowest BCUT2D eigenvalue weighted by Gasteiger charge is -2.20. The Hall–Kier alpha value is -3.38. The number of azide groups is 1. The summed E-state index contributed by atoms with van der Waals surface area (Å²) < 4.78 is 0. The van der Waals surface area contributed by atoms with E-state index in [1.54, 1.807) is 0 Å². The van der Waals surface area contributed by atoms with Gasteiger partial charge in [-0.2, -0.15) is 0 Å². The zero-order valence-electron chi connectivity index (χ0n) is 16.8. The van der Waals surface area contributed by atoms with Gasteiger partial charge in [0.15, 0.2) is 5.96 Å². The molecule has 0 saturated carbocycles. The van der Waals surface area contributed by atoms with E-state index >= 15 is 0 Å². The van der Waals surface area contributed by atoms with E-state index in [4.69, 9.17) is 22.8 Å². The highest BCUT2D eigenvalue weighted by Gasteiger charge is 2.21. The molecule has 0 saturated heterocycles. The maximum atomic E-state index is 12.4. The molecule has 168 valence electrons. The molecule has 0 aromatic rings. The summed E-state index contributed by atoms with van der Waals surface area (Å²) in [4.78, 5) is 52.7. The predicted octanol–water partition coefficient (Wildman–Crippen LogP) is -1.59. The summed E-state index contributed by atoms with van der Waals surface area (Å²) in [5.74, 6) is 3.83. The van der Waals surface area contributed by atoms with Crippen LogP contribution in [0.4, 0.5) is 0 Å². The lowest BCUT2D eigenvalue weighted by atomic mass is 10.1. The second-order valence-electron chi connectivity index (χ2n) is 6.28. The Morgan fingerprint density at radius 2 is 1.90 bits per heavy atom. The lowest BCUT2D eigenvalue weighted by molar-refractivity contribution is -0.134. The lowest BCUT2D eigenvalue weighted by Crippen LogP contribution is -2.51. The molecule has 30 heavy (non-hydrogen) atoms. The number of aliphatic imine (C=N–C) groups is 1. The Labute approximate surface area is 174 Å². The first kappa shape index (κ1) is 26.6. The van der Waals surface area contributed by atoms with E-state index in [-0.39, 0.29) is 25.5 Å². The normalized spacial score (nSPS) is 10.8. The summed E-state index contributed by atoms with van der Waals surface area (Å²) in [5, 5.41) is 8.99. The van der Waals surface area contributed by atoms with Crippen LogP contribution in [0.25, 0.3) is 10.4 Å². The minimum Gasteiger partial charge on any atom is -0.370 e. The van der Waals surface area contributed by atoms with Crippen LogP contribution in [-0.2, 0) is 19.2 Å². The molecule has 0 aromatic heterocycles. The second kappa shape index (κ2) is 16.6. The fourth-order valence-electron chi connectivity index (χ4n) is 2.31. The van der Waals surface area contributed by atoms with Gasteiger partial charge in [-0.3, -0.25) is 24.4 Å². The number of guanidine groups is 1. The summed E-state index contributed by atoms with van der Waals surface area (Å²) in [6.07, 6.45) is 3.98. The molecule has 0 rings (SSSR count). The van der Waals surface area contributed by atoms with Gasteiger partial charge < -0.3 is 26.9 Å². The van der Waals surface area contributed by atoms with Crippen LogP contribution in [0.1, 0.15) is 38.5 Å². The van der Waals surface area contributed by atoms with E-state index in [1.165, 1.54) is 0 Å². The Balaban J connectivity index is 4.59. The van der Waals surface area contributed by atoms with Crippen molar-refractivity contribution in [3.8, 4) is 0 Å². The van der Waals surface area contributed by atoms with Crippen LogP contribution in [0, 0.1) is 0 Å². The van der Waals surface area contributed by atoms with Gasteiger partial charge in [-0.05, 0) is 31.2 Å². The third-order valence-corrected chi connectivity index (χ3v) is 3.83. The quantitative estimate of drug-likeness (QED) is 0.0185. The Morgan fingerprint density at radius 3 is 2.53 bits per heavy atom. The van der Waals surface area contributed by atoms with E-state index in [1.807, 2.05) is 0 Å². The third-order valence-electron chi connectivity index (χ3n) is 3.83. The maximum Gasteiger partial charge on any atom is 0.255 e. The number of hydrazine groups is 1. The van der Waals surface area contributed by atoms with Crippen LogP contribution in [0.5, 0.6) is 0 Å². The molecule has 0 fully saturated rings. The monoisotopic (exact) mass is 426 g/mol. The molecule has 0 aliphatic heterocycles. The molecule has 0 bridgehead atoms. The summed E-state index contributed by atoms with van der Waals surface area (Å²) in [5.41, 5.74) is 18.7. The molecule has 14 nitrogen and oxygen atoms in total. The van der Waals surface area contributed by atoms with Crippen LogP contribution in [-0.4, -0.2) is 67.2 Å². The number of rotatable bonds is 16. The van der Waals surface area contributed by atoms with Crippen molar-refractivity contribution < 1.29 is 19.2 Å². The first-order valence-electron chi connectivity index (χ1n) is 9.43. The van der Waals surface area contributed by atoms with E-state index < -0.39 is 30.3 Å². The van der Waals surface area contributed by atoms with E-state index in [2.05, 4.69) is 25.7 Å². The van der Waals surface area contributed by atoms with E-state index in [9.17, 15) is 19.2 Å². The van der Waals surface area contributed by atoms with Crippen LogP contribution in [0.2, 0.25) is 0 Å². The van der Waals surface area contributed by atoms with Gasteiger partial charge in [0, 0.05) is 24.4 Å². The Kier molecular flexibility index (Phi) is 14.7. The number of hydrogen-bond donors (Lipinski definition) is 5. The molecule has 3 amide bonds. The molecule has 0 heterocycles. The molecular weight excluding hydrogens is 396 g/mol. The van der Waals surface area contributed by atoms with Gasteiger partial charge in [-0.25, -0.2) is 5.84 Å². The number of nitrogens with zero attached hydrogens (tertiary/aromatic N) is 5. The molecule has 1 atom stereocenters. The number of aldehydes is 1. The summed E-state index contributed by atoms with van der Waals surface area (Å²) in [6, 6.07) is -0.969. The zero-order chi connectivity index (χ0) is 22.8. The molecule has 0 aromatic carbocycles. The number of nitrogens with one attached hydrogen (secondary N) is 2. The van der Waals surface area contributed by atoms with Gasteiger partial charge in [0.2, 0.25) is 11.8 Å². The molecule has 0 aliphatic rings. The van der Waals surface area contributed by atoms with Crippen LogP contribution in [0.15, 0.2) is 10.1 Å². The van der Waals surface area contributed by atoms with Gasteiger partial charge in [0.1, 0.15) is 18.9 Å². The van der Waals surface area contributed by atoms with Crippen molar-refractivity contribution in [3.63, 3.8) is 0 Å². The largest absolute Gasteiger partial charge is 0.370 e. The predicted molar refractivity (Wildman–Crippen MR) is 109 cm³/mol. The SMILES string of the molecule is [N-]=[N+]=NCC(=O)N[C@@H](CCCN=C(N)N)C(=O)NCC(=O)N(N)CCCCCC=O. The third kappa shape index (κ3) is 13.7. The number of carbonyl (C=O) groups is 4. The minimum atomic E-state index is -0.969. The average Bonchev–Trinajstić information content (AvgIpc) is 2.71. The Bertz CT molecular complexity index is 644. The van der Waals surface area contributed by atoms with Crippen molar-refractivity contribution in [1.29, 1.82) is 0 Å². The molecule has 0 spiro atoms. The Morgan fingerprint density at radius 1 is 1.17 bits per heavy atom. The van der Waals surface area contributed by atoms with Crippen molar-refractivity contribution >= 4 is 30.0 Å². The molecule has 14 heteroatoms. The van der Waals surface area contributed by atoms with Crippen molar-refractivity contribution in [3.05, 3.63) is 10.4 Å². The zero-order valence-corrected chi connectivity index (χ0v) is 16.8. The summed E-state index contributed by atoms with van der Waals surface area (Å²) in [7, 11) is 0. The van der Waals surface area contributed by atoms with Gasteiger partial charge in [-0.1, -0.05) is 11.5 Å². The first-order chi connectivity index (χ1) is 14.3. The minimum absolute atomic E-state index is 0.0943. The van der Waals surface area contributed by atoms with Crippen LogP contribution >= 0.6 is 0 Å². The smallest absolute Gasteiger partial charge is 0.255 e. The van der Waals surface area contributed by atoms with E-state index in [0.29, 0.717) is 25.8 Å². The number of carbonyl (C=O) groups excluding carboxylic acids is 4. The highest BCUT2D eigenvalue weighted by atomic mass is 16.2. The summed E-state index contributed by atoms with van der Waals surface area (Å²) in [6.45, 7) is -0.273. The number of amides is 3. The number of unbranched alkanes of at least 4 members (excludes halogenated alkanes) is 3. The molecule has 0 unspecified atom stereocenters. The summed E-state index contributed by atoms with van der Waals surface area (Å²) >= 11 is 0. The first-order valence-corrected chi connectivity index (χ1v) is 9.43. The molecular formula is C16H30N10O4. The molecule has 8 N–H and O–H groups in total. The van der Waals surface area contributed by atoms with Crippen LogP contribution < -0.4 is 27.9 Å². The maximum absolute atomic E-state index is 12.4. The number of nitrogens with two attached hydrogens (primary N) is 3. The van der Waals surface area contributed by atoms with Gasteiger partial charge in [-0.15, -0.1) is 0 Å².